The molecule has 2 fully saturated rings. The third-order valence-corrected chi connectivity index (χ3v) is 4.96. The van der Waals surface area contributed by atoms with E-state index in [0.29, 0.717) is 5.75 Å². The minimum absolute atomic E-state index is 0.0162. The lowest BCUT2D eigenvalue weighted by Gasteiger charge is -2.43. The van der Waals surface area contributed by atoms with E-state index in [9.17, 15) is 4.39 Å². The van der Waals surface area contributed by atoms with Crippen LogP contribution in [-0.4, -0.2) is 18.3 Å². The lowest BCUT2D eigenvalue weighted by molar-refractivity contribution is -0.129. The topological polar surface area (TPSA) is 18.5 Å². The largest absolute Gasteiger partial charge is 0.490 e. The maximum Gasteiger partial charge on any atom is 0.124 e. The molecule has 2 aliphatic rings. The molecule has 0 amide bonds. The van der Waals surface area contributed by atoms with Gasteiger partial charge in [0, 0.05) is 18.4 Å². The van der Waals surface area contributed by atoms with Crippen molar-refractivity contribution in [2.45, 2.75) is 62.5 Å². The Kier molecular flexibility index (Phi) is 4.70. The highest BCUT2D eigenvalue weighted by Gasteiger charge is 2.39. The molecule has 0 radical (unpaired) electrons. The lowest BCUT2D eigenvalue weighted by atomic mass is 9.79. The molecule has 1 atom stereocenters. The second-order valence-electron chi connectivity index (χ2n) is 6.21. The van der Waals surface area contributed by atoms with E-state index in [1.807, 2.05) is 0 Å². The summed E-state index contributed by atoms with van der Waals surface area (Å²) in [6.45, 7) is 0.752. The third kappa shape index (κ3) is 3.51. The molecule has 1 spiro atoms. The molecule has 0 N–H and O–H groups in total. The molecule has 1 aliphatic carbocycles. The van der Waals surface area contributed by atoms with Crippen LogP contribution < -0.4 is 4.74 Å². The summed E-state index contributed by atoms with van der Waals surface area (Å²) in [6.07, 6.45) is 8.05. The zero-order chi connectivity index (χ0) is 14.7. The van der Waals surface area contributed by atoms with Crippen molar-refractivity contribution in [1.29, 1.82) is 0 Å². The summed E-state index contributed by atoms with van der Waals surface area (Å²) in [5.74, 6) is 0.708. The van der Waals surface area contributed by atoms with Crippen LogP contribution in [0.5, 0.6) is 5.75 Å². The highest BCUT2D eigenvalue weighted by Crippen LogP contribution is 2.40. The van der Waals surface area contributed by atoms with Crippen molar-refractivity contribution in [3.63, 3.8) is 0 Å². The van der Waals surface area contributed by atoms with Crippen LogP contribution in [0, 0.1) is 5.82 Å². The van der Waals surface area contributed by atoms with Crippen molar-refractivity contribution < 1.29 is 13.9 Å². The normalized spacial score (nSPS) is 25.0. The van der Waals surface area contributed by atoms with Crippen LogP contribution in [0.2, 0.25) is 0 Å². The van der Waals surface area contributed by atoms with E-state index < -0.39 is 0 Å². The molecule has 1 aliphatic heterocycles. The van der Waals surface area contributed by atoms with E-state index >= 15 is 0 Å². The number of benzene rings is 1. The monoisotopic (exact) mass is 312 g/mol. The smallest absolute Gasteiger partial charge is 0.124 e. The molecule has 116 valence electrons. The Morgan fingerprint density at radius 1 is 1.29 bits per heavy atom. The van der Waals surface area contributed by atoms with Gasteiger partial charge in [0.05, 0.1) is 18.1 Å². The molecule has 1 saturated heterocycles. The number of hydrogen-bond donors (Lipinski definition) is 0. The van der Waals surface area contributed by atoms with Crippen LogP contribution in [-0.2, 0) is 10.6 Å². The second-order valence-corrected chi connectivity index (χ2v) is 6.48. The molecule has 4 heteroatoms. The van der Waals surface area contributed by atoms with Gasteiger partial charge in [-0.25, -0.2) is 4.39 Å². The van der Waals surface area contributed by atoms with Gasteiger partial charge < -0.3 is 9.47 Å². The number of rotatable bonds is 3. The van der Waals surface area contributed by atoms with E-state index in [1.54, 1.807) is 6.07 Å². The van der Waals surface area contributed by atoms with Gasteiger partial charge in [-0.3, -0.25) is 0 Å². The van der Waals surface area contributed by atoms with Crippen LogP contribution in [0.25, 0.3) is 0 Å². The molecular formula is C17H22ClFO2. The van der Waals surface area contributed by atoms with Crippen molar-refractivity contribution in [1.82, 2.24) is 0 Å². The highest BCUT2D eigenvalue weighted by atomic mass is 35.5. The second kappa shape index (κ2) is 6.53. The van der Waals surface area contributed by atoms with Gasteiger partial charge in [-0.2, -0.15) is 0 Å². The Balaban J connectivity index is 1.70. The molecule has 3 rings (SSSR count). The third-order valence-electron chi connectivity index (χ3n) is 4.67. The molecule has 1 aromatic rings. The van der Waals surface area contributed by atoms with Crippen molar-refractivity contribution in [3.8, 4) is 5.75 Å². The van der Waals surface area contributed by atoms with Crippen molar-refractivity contribution in [3.05, 3.63) is 29.6 Å². The number of halogens is 2. The van der Waals surface area contributed by atoms with Crippen molar-refractivity contribution in [2.75, 3.05) is 6.61 Å². The Morgan fingerprint density at radius 3 is 2.86 bits per heavy atom. The van der Waals surface area contributed by atoms with Gasteiger partial charge in [-0.15, -0.1) is 11.6 Å². The van der Waals surface area contributed by atoms with Crippen LogP contribution >= 0.6 is 11.6 Å². The van der Waals surface area contributed by atoms with Gasteiger partial charge in [-0.05, 0) is 31.0 Å². The first kappa shape index (κ1) is 15.1. The molecule has 2 nitrogen and oxygen atoms in total. The van der Waals surface area contributed by atoms with Gasteiger partial charge in [0.1, 0.15) is 17.7 Å². The standard InChI is InChI=1S/C17H22ClFO2/c18-12-13-10-14(19)4-5-16(13)21-15-6-9-20-17(11-15)7-2-1-3-8-17/h4-5,10,15H,1-3,6-9,11-12H2. The zero-order valence-electron chi connectivity index (χ0n) is 12.2. The van der Waals surface area contributed by atoms with Gasteiger partial charge >= 0.3 is 0 Å². The van der Waals surface area contributed by atoms with Crippen LogP contribution in [0.3, 0.4) is 0 Å². The summed E-state index contributed by atoms with van der Waals surface area (Å²) in [6, 6.07) is 4.58. The van der Waals surface area contributed by atoms with Gasteiger partial charge in [0.25, 0.3) is 0 Å². The van der Waals surface area contributed by atoms with E-state index in [-0.39, 0.29) is 23.4 Å². The Bertz CT molecular complexity index is 480. The Hall–Kier alpha value is -0.800. The summed E-state index contributed by atoms with van der Waals surface area (Å²) < 4.78 is 25.5. The Labute approximate surface area is 130 Å². The SMILES string of the molecule is Fc1ccc(OC2CCOC3(CCCCC3)C2)c(CCl)c1. The summed E-state index contributed by atoms with van der Waals surface area (Å²) in [4.78, 5) is 0. The fourth-order valence-corrected chi connectivity index (χ4v) is 3.78. The van der Waals surface area contributed by atoms with Crippen LogP contribution in [0.15, 0.2) is 18.2 Å². The van der Waals surface area contributed by atoms with E-state index in [1.165, 1.54) is 31.4 Å². The van der Waals surface area contributed by atoms with Crippen LogP contribution in [0.1, 0.15) is 50.5 Å². The fraction of sp³-hybridized carbons (Fsp3) is 0.647. The van der Waals surface area contributed by atoms with E-state index in [2.05, 4.69) is 0 Å². The quantitative estimate of drug-likeness (QED) is 0.745. The molecule has 1 unspecified atom stereocenters. The summed E-state index contributed by atoms with van der Waals surface area (Å²) in [7, 11) is 0. The summed E-state index contributed by atoms with van der Waals surface area (Å²) >= 11 is 5.89. The molecule has 1 aromatic carbocycles. The molecular weight excluding hydrogens is 291 g/mol. The first-order chi connectivity index (χ1) is 10.2. The predicted molar refractivity (Wildman–Crippen MR) is 81.4 cm³/mol. The van der Waals surface area contributed by atoms with Gasteiger partial charge in [0.15, 0.2) is 0 Å². The highest BCUT2D eigenvalue weighted by molar-refractivity contribution is 6.17. The molecule has 0 aromatic heterocycles. The van der Waals surface area contributed by atoms with E-state index in [4.69, 9.17) is 21.1 Å². The fourth-order valence-electron chi connectivity index (χ4n) is 3.57. The first-order valence-electron chi connectivity index (χ1n) is 7.86. The van der Waals surface area contributed by atoms with Crippen LogP contribution in [0.4, 0.5) is 4.39 Å². The molecule has 0 bridgehead atoms. The number of hydrogen-bond acceptors (Lipinski definition) is 2. The van der Waals surface area contributed by atoms with Crippen molar-refractivity contribution >= 4 is 11.6 Å². The van der Waals surface area contributed by atoms with Crippen molar-refractivity contribution in [2.24, 2.45) is 0 Å². The number of ether oxygens (including phenoxy) is 2. The lowest BCUT2D eigenvalue weighted by Crippen LogP contribution is -2.45. The maximum absolute atomic E-state index is 13.3. The molecule has 1 heterocycles. The summed E-state index contributed by atoms with van der Waals surface area (Å²) in [5.41, 5.74) is 0.739. The maximum atomic E-state index is 13.3. The van der Waals surface area contributed by atoms with Gasteiger partial charge in [-0.1, -0.05) is 19.3 Å². The van der Waals surface area contributed by atoms with E-state index in [0.717, 1.165) is 37.9 Å². The first-order valence-corrected chi connectivity index (χ1v) is 8.39. The average molecular weight is 313 g/mol. The minimum Gasteiger partial charge on any atom is -0.490 e. The Morgan fingerprint density at radius 2 is 2.10 bits per heavy atom. The molecule has 21 heavy (non-hydrogen) atoms. The predicted octanol–water partition coefficient (Wildman–Crippen LogP) is 4.83. The minimum atomic E-state index is -0.270. The molecule has 1 saturated carbocycles. The average Bonchev–Trinajstić information content (AvgIpc) is 2.50. The summed E-state index contributed by atoms with van der Waals surface area (Å²) in [5, 5.41) is 0. The zero-order valence-corrected chi connectivity index (χ0v) is 13.0. The van der Waals surface area contributed by atoms with Gasteiger partial charge in [0.2, 0.25) is 0 Å². The number of alkyl halides is 1.